The lowest BCUT2D eigenvalue weighted by Crippen LogP contribution is -2.34. The Morgan fingerprint density at radius 2 is 1.82 bits per heavy atom. The van der Waals surface area contributed by atoms with Crippen LogP contribution in [0.1, 0.15) is 25.3 Å². The minimum atomic E-state index is -1.15. The number of anilines is 2. The minimum absolute atomic E-state index is 0.0493. The average molecular weight is 381 g/mol. The number of carbonyl (C=O) groups excluding carboxylic acids is 3. The quantitative estimate of drug-likeness (QED) is 0.696. The molecule has 0 unspecified atom stereocenters. The van der Waals surface area contributed by atoms with Crippen molar-refractivity contribution in [3.05, 3.63) is 54.1 Å². The van der Waals surface area contributed by atoms with Gasteiger partial charge in [0.2, 0.25) is 5.91 Å². The van der Waals surface area contributed by atoms with Crippen LogP contribution >= 0.6 is 0 Å². The topological polar surface area (TPSA) is 98.8 Å². The highest BCUT2D eigenvalue weighted by molar-refractivity contribution is 6.23. The molecular weight excluding hydrogens is 360 g/mol. The van der Waals surface area contributed by atoms with Crippen LogP contribution in [0.5, 0.6) is 5.75 Å². The first-order valence-electron chi connectivity index (χ1n) is 9.13. The molecule has 7 heteroatoms. The van der Waals surface area contributed by atoms with E-state index in [0.29, 0.717) is 29.3 Å². The number of rotatable bonds is 8. The Labute approximate surface area is 162 Å². The number of ether oxygens (including phenoxy) is 1. The fourth-order valence-electron chi connectivity index (χ4n) is 3.01. The fourth-order valence-corrected chi connectivity index (χ4v) is 3.01. The van der Waals surface area contributed by atoms with E-state index in [1.807, 2.05) is 6.92 Å². The lowest BCUT2D eigenvalue weighted by molar-refractivity contribution is -0.304. The molecule has 1 heterocycles. The normalized spacial score (nSPS) is 16.3. The molecule has 0 spiro atoms. The molecule has 1 aliphatic heterocycles. The van der Waals surface area contributed by atoms with Crippen LogP contribution in [0.2, 0.25) is 0 Å². The van der Waals surface area contributed by atoms with Crippen molar-refractivity contribution in [3.63, 3.8) is 0 Å². The summed E-state index contributed by atoms with van der Waals surface area (Å²) in [6.07, 6.45) is 0.771. The molecule has 146 valence electrons. The van der Waals surface area contributed by atoms with E-state index in [4.69, 9.17) is 4.74 Å². The largest absolute Gasteiger partial charge is 0.550 e. The molecule has 2 aromatic carbocycles. The Hall–Kier alpha value is -3.35. The molecule has 1 atom stereocenters. The second-order valence-corrected chi connectivity index (χ2v) is 6.56. The summed E-state index contributed by atoms with van der Waals surface area (Å²) in [4.78, 5) is 36.9. The molecule has 0 aromatic heterocycles. The molecule has 0 aliphatic carbocycles. The van der Waals surface area contributed by atoms with Crippen molar-refractivity contribution in [2.75, 3.05) is 16.8 Å². The van der Waals surface area contributed by atoms with Crippen molar-refractivity contribution in [2.24, 2.45) is 0 Å². The number of carboxylic acids is 1. The molecule has 7 nitrogen and oxygen atoms in total. The van der Waals surface area contributed by atoms with Crippen LogP contribution in [0, 0.1) is 0 Å². The van der Waals surface area contributed by atoms with Gasteiger partial charge in [0.1, 0.15) is 11.8 Å². The molecule has 0 bridgehead atoms. The number of carboxylic acid groups (broad SMARTS) is 1. The number of hydrogen-bond acceptors (Lipinski definition) is 6. The summed E-state index contributed by atoms with van der Waals surface area (Å²) in [7, 11) is 0. The number of aliphatic carboxylic acids is 1. The van der Waals surface area contributed by atoms with E-state index < -0.39 is 12.0 Å². The zero-order valence-corrected chi connectivity index (χ0v) is 15.5. The molecule has 1 saturated heterocycles. The van der Waals surface area contributed by atoms with Crippen LogP contribution in [-0.4, -0.2) is 30.4 Å². The molecule has 1 N–H and O–H groups in total. The average Bonchev–Trinajstić information content (AvgIpc) is 2.95. The number of amides is 2. The summed E-state index contributed by atoms with van der Waals surface area (Å²) < 4.78 is 5.52. The van der Waals surface area contributed by atoms with Crippen molar-refractivity contribution in [1.29, 1.82) is 0 Å². The van der Waals surface area contributed by atoms with Gasteiger partial charge in [-0.2, -0.15) is 0 Å². The molecular formula is C21H21N2O5-. The van der Waals surface area contributed by atoms with Crippen molar-refractivity contribution in [2.45, 2.75) is 32.2 Å². The third kappa shape index (κ3) is 4.49. The van der Waals surface area contributed by atoms with Crippen LogP contribution in [-0.2, 0) is 20.8 Å². The van der Waals surface area contributed by atoms with E-state index in [1.165, 1.54) is 4.90 Å². The number of nitrogens with one attached hydrogen (secondary N) is 1. The lowest BCUT2D eigenvalue weighted by Gasteiger charge is -2.17. The van der Waals surface area contributed by atoms with E-state index in [-0.39, 0.29) is 24.7 Å². The first-order chi connectivity index (χ1) is 13.5. The van der Waals surface area contributed by atoms with Crippen LogP contribution in [0.4, 0.5) is 11.4 Å². The fraction of sp³-hybridized carbons (Fsp3) is 0.286. The highest BCUT2D eigenvalue weighted by atomic mass is 16.5. The summed E-state index contributed by atoms with van der Waals surface area (Å²) in [5.74, 6) is -1.07. The second kappa shape index (κ2) is 8.56. The zero-order chi connectivity index (χ0) is 20.1. The van der Waals surface area contributed by atoms with E-state index in [1.54, 1.807) is 48.5 Å². The van der Waals surface area contributed by atoms with Gasteiger partial charge in [0.25, 0.3) is 5.91 Å². The maximum Gasteiger partial charge on any atom is 0.256 e. The maximum absolute atomic E-state index is 12.7. The monoisotopic (exact) mass is 381 g/mol. The number of nitrogens with zero attached hydrogens (tertiary/aromatic N) is 1. The van der Waals surface area contributed by atoms with Gasteiger partial charge < -0.3 is 20.0 Å². The van der Waals surface area contributed by atoms with Crippen LogP contribution in [0.15, 0.2) is 48.5 Å². The van der Waals surface area contributed by atoms with Crippen molar-refractivity contribution in [3.8, 4) is 5.75 Å². The van der Waals surface area contributed by atoms with Crippen LogP contribution < -0.4 is 20.1 Å². The van der Waals surface area contributed by atoms with Gasteiger partial charge in [-0.15, -0.1) is 0 Å². The van der Waals surface area contributed by atoms with Crippen molar-refractivity contribution < 1.29 is 24.2 Å². The van der Waals surface area contributed by atoms with Gasteiger partial charge >= 0.3 is 0 Å². The van der Waals surface area contributed by atoms with Gasteiger partial charge in [-0.05, 0) is 48.4 Å². The Bertz CT molecular complexity index is 861. The number of carbonyl (C=O) groups is 3. The summed E-state index contributed by atoms with van der Waals surface area (Å²) in [6.45, 7) is 2.62. The molecule has 1 aliphatic rings. The van der Waals surface area contributed by atoms with E-state index in [0.717, 1.165) is 6.42 Å². The smallest absolute Gasteiger partial charge is 0.256 e. The van der Waals surface area contributed by atoms with Crippen molar-refractivity contribution in [1.82, 2.24) is 0 Å². The minimum Gasteiger partial charge on any atom is -0.550 e. The Morgan fingerprint density at radius 3 is 2.43 bits per heavy atom. The van der Waals surface area contributed by atoms with E-state index in [2.05, 4.69) is 5.32 Å². The van der Waals surface area contributed by atoms with E-state index >= 15 is 0 Å². The second-order valence-electron chi connectivity index (χ2n) is 6.56. The van der Waals surface area contributed by atoms with Crippen LogP contribution in [0.25, 0.3) is 0 Å². The summed E-state index contributed by atoms with van der Waals surface area (Å²) >= 11 is 0. The van der Waals surface area contributed by atoms with Gasteiger partial charge in [-0.1, -0.05) is 19.1 Å². The van der Waals surface area contributed by atoms with Crippen LogP contribution in [0.3, 0.4) is 0 Å². The first kappa shape index (κ1) is 19.4. The van der Waals surface area contributed by atoms with Gasteiger partial charge in [-0.25, -0.2) is 4.90 Å². The number of hydrogen-bond donors (Lipinski definition) is 1. The standard InChI is InChI=1S/C21H22N2O5/c1-2-11-28-17-9-7-16(8-10-17)23-19(24)13-18(21(23)27)22-15-5-3-14(4-6-15)12-20(25)26/h3-10,18,22H,2,11-13H2,1H3,(H,25,26)/p-1/t18-/m1/s1. The Morgan fingerprint density at radius 1 is 1.14 bits per heavy atom. The Balaban J connectivity index is 1.67. The highest BCUT2D eigenvalue weighted by Gasteiger charge is 2.39. The summed E-state index contributed by atoms with van der Waals surface area (Å²) in [5, 5.41) is 13.7. The number of imide groups is 1. The molecule has 0 saturated carbocycles. The molecule has 2 aromatic rings. The van der Waals surface area contributed by atoms with Crippen molar-refractivity contribution >= 4 is 29.2 Å². The van der Waals surface area contributed by atoms with Gasteiger partial charge in [0, 0.05) is 18.1 Å². The zero-order valence-electron chi connectivity index (χ0n) is 15.5. The predicted molar refractivity (Wildman–Crippen MR) is 102 cm³/mol. The number of benzene rings is 2. The molecule has 1 fully saturated rings. The molecule has 0 radical (unpaired) electrons. The maximum atomic E-state index is 12.7. The predicted octanol–water partition coefficient (Wildman–Crippen LogP) is 1.51. The Kier molecular flexibility index (Phi) is 5.93. The molecule has 3 rings (SSSR count). The molecule has 2 amide bonds. The van der Waals surface area contributed by atoms with E-state index in [9.17, 15) is 19.5 Å². The molecule has 28 heavy (non-hydrogen) atoms. The summed E-state index contributed by atoms with van der Waals surface area (Å²) in [5.41, 5.74) is 1.75. The third-order valence-electron chi connectivity index (χ3n) is 4.36. The van der Waals surface area contributed by atoms with Gasteiger partial charge in [0.15, 0.2) is 0 Å². The SMILES string of the molecule is CCCOc1ccc(N2C(=O)C[C@@H](Nc3ccc(CC(=O)[O-])cc3)C2=O)cc1. The third-order valence-corrected chi connectivity index (χ3v) is 4.36. The van der Waals surface area contributed by atoms with Gasteiger partial charge in [-0.3, -0.25) is 9.59 Å². The van der Waals surface area contributed by atoms with Gasteiger partial charge in [0.05, 0.1) is 18.7 Å². The lowest BCUT2D eigenvalue weighted by atomic mass is 10.1. The highest BCUT2D eigenvalue weighted by Crippen LogP contribution is 2.27. The first-order valence-corrected chi connectivity index (χ1v) is 9.13. The summed E-state index contributed by atoms with van der Waals surface area (Å²) in [6, 6.07) is 12.8.